The Bertz CT molecular complexity index is 1700. The van der Waals surface area contributed by atoms with Crippen molar-refractivity contribution in [2.75, 3.05) is 23.8 Å². The number of ketones is 1. The van der Waals surface area contributed by atoms with Crippen molar-refractivity contribution in [3.05, 3.63) is 85.1 Å². The van der Waals surface area contributed by atoms with Crippen LogP contribution in [0.1, 0.15) is 84.8 Å². The van der Waals surface area contributed by atoms with Crippen molar-refractivity contribution in [3.8, 4) is 11.5 Å². The van der Waals surface area contributed by atoms with E-state index in [1.54, 1.807) is 10.8 Å². The molecule has 0 atom stereocenters. The smallest absolute Gasteiger partial charge is 0.158 e. The molecule has 0 saturated carbocycles. The molecule has 0 spiro atoms. The van der Waals surface area contributed by atoms with Crippen LogP contribution in [0.4, 0.5) is 17.2 Å². The van der Waals surface area contributed by atoms with Gasteiger partial charge in [-0.25, -0.2) is 19.5 Å². The Morgan fingerprint density at radius 2 is 1.68 bits per heavy atom. The topological polar surface area (TPSA) is 97.5 Å². The minimum Gasteiger partial charge on any atom is -0.457 e. The number of benzene rings is 2. The summed E-state index contributed by atoms with van der Waals surface area (Å²) in [4.78, 5) is 25.4. The summed E-state index contributed by atoms with van der Waals surface area (Å²) >= 11 is 0. The molecule has 3 aromatic heterocycles. The third kappa shape index (κ3) is 11.8. The molecule has 5 rings (SSSR count). The lowest BCUT2D eigenvalue weighted by Crippen LogP contribution is -2.19. The standard InChI is InChI=1S/C29H33N7O.C4H6O.C3H8.C2H6/c1-5-6-7-8-12-35(4)26-17-24-25(15-20(26)2)30-18-32-29(24)34-22-9-10-27(21(3)14-22)37-23-11-13-36-28(16-23)31-19-33-36;1-3-4(2)5;1-3-2;1-2/h9-11,13-19H,5-8,12H2,1-4H3,(H,30,32,34);3H,1H2,2H3;3H2,1-2H3;1-2H3. The number of carbonyl (C=O) groups is 1. The van der Waals surface area contributed by atoms with Gasteiger partial charge in [-0.1, -0.05) is 66.9 Å². The monoisotopic (exact) mass is 639 g/mol. The first-order chi connectivity index (χ1) is 22.7. The molecule has 0 aliphatic heterocycles. The molecule has 0 unspecified atom stereocenters. The summed E-state index contributed by atoms with van der Waals surface area (Å²) < 4.78 is 7.83. The van der Waals surface area contributed by atoms with Gasteiger partial charge in [0.25, 0.3) is 0 Å². The Labute approximate surface area is 281 Å². The number of ether oxygens (including phenoxy) is 1. The van der Waals surface area contributed by atoms with Crippen molar-refractivity contribution in [2.24, 2.45) is 0 Å². The van der Waals surface area contributed by atoms with Crippen LogP contribution in [0.5, 0.6) is 11.5 Å². The van der Waals surface area contributed by atoms with Crippen molar-refractivity contribution in [1.29, 1.82) is 0 Å². The largest absolute Gasteiger partial charge is 0.457 e. The lowest BCUT2D eigenvalue weighted by atomic mass is 10.1. The molecule has 9 nitrogen and oxygen atoms in total. The Kier molecular flexibility index (Phi) is 16.6. The van der Waals surface area contributed by atoms with Crippen LogP contribution in [0.15, 0.2) is 74.0 Å². The van der Waals surface area contributed by atoms with E-state index in [0.717, 1.165) is 45.9 Å². The molecule has 0 aliphatic rings. The Morgan fingerprint density at radius 3 is 2.34 bits per heavy atom. The molecule has 0 radical (unpaired) electrons. The fraction of sp³-hybridized carbons (Fsp3) is 0.395. The SMILES string of the molecule is C=CC(C)=O.CC.CCC.CCCCCCN(C)c1cc2c(Nc3ccc(Oc4ccn5ncnc5c4)c(C)c3)ncnc2cc1C. The van der Waals surface area contributed by atoms with Crippen molar-refractivity contribution >= 4 is 39.5 Å². The van der Waals surface area contributed by atoms with Crippen LogP contribution in [0, 0.1) is 13.8 Å². The molecule has 0 bridgehead atoms. The molecule has 0 saturated heterocycles. The van der Waals surface area contributed by atoms with Gasteiger partial charge in [-0.3, -0.25) is 4.79 Å². The first-order valence-corrected chi connectivity index (χ1v) is 16.6. The maximum absolute atomic E-state index is 9.69. The van der Waals surface area contributed by atoms with Gasteiger partial charge in [-0.2, -0.15) is 5.10 Å². The van der Waals surface area contributed by atoms with Crippen LogP contribution in [-0.2, 0) is 4.79 Å². The molecule has 2 aromatic carbocycles. The summed E-state index contributed by atoms with van der Waals surface area (Å²) in [6.07, 6.45) is 12.5. The summed E-state index contributed by atoms with van der Waals surface area (Å²) in [5.41, 5.74) is 6.05. The molecule has 1 N–H and O–H groups in total. The number of allylic oxidation sites excluding steroid dienone is 1. The molecule has 0 fully saturated rings. The highest BCUT2D eigenvalue weighted by Gasteiger charge is 2.12. The number of hydrogen-bond donors (Lipinski definition) is 1. The summed E-state index contributed by atoms with van der Waals surface area (Å²) in [6, 6.07) is 14.1. The molecule has 47 heavy (non-hydrogen) atoms. The number of fused-ring (bicyclic) bond motifs is 2. The highest BCUT2D eigenvalue weighted by molar-refractivity contribution is 5.94. The second-order valence-electron chi connectivity index (χ2n) is 11.0. The van der Waals surface area contributed by atoms with E-state index in [1.165, 1.54) is 62.7 Å². The molecule has 0 aliphatic carbocycles. The Balaban J connectivity index is 0.000000682. The zero-order valence-corrected chi connectivity index (χ0v) is 29.8. The molecular formula is C38H53N7O2. The number of hydrogen-bond acceptors (Lipinski definition) is 8. The van der Waals surface area contributed by atoms with Gasteiger partial charge in [0, 0.05) is 42.6 Å². The van der Waals surface area contributed by atoms with E-state index in [9.17, 15) is 4.79 Å². The van der Waals surface area contributed by atoms with Gasteiger partial charge < -0.3 is 15.0 Å². The number of anilines is 3. The lowest BCUT2D eigenvalue weighted by Gasteiger charge is -2.22. The number of rotatable bonds is 11. The minimum atomic E-state index is 0.0185. The first-order valence-electron chi connectivity index (χ1n) is 16.6. The Hall–Kier alpha value is -4.79. The van der Waals surface area contributed by atoms with E-state index in [-0.39, 0.29) is 5.78 Å². The van der Waals surface area contributed by atoms with Gasteiger partial charge in [-0.15, -0.1) is 0 Å². The van der Waals surface area contributed by atoms with Crippen molar-refractivity contribution < 1.29 is 9.53 Å². The molecule has 252 valence electrons. The average molecular weight is 640 g/mol. The minimum absolute atomic E-state index is 0.0185. The molecule has 9 heteroatoms. The van der Waals surface area contributed by atoms with Crippen LogP contribution >= 0.6 is 0 Å². The first kappa shape index (κ1) is 38.4. The van der Waals surface area contributed by atoms with E-state index in [0.29, 0.717) is 5.75 Å². The predicted molar refractivity (Wildman–Crippen MR) is 197 cm³/mol. The number of aryl methyl sites for hydroxylation is 2. The number of unbranched alkanes of at least 4 members (excludes halogenated alkanes) is 3. The number of carbonyl (C=O) groups excluding carboxylic acids is 1. The van der Waals surface area contributed by atoms with Gasteiger partial charge >= 0.3 is 0 Å². The Morgan fingerprint density at radius 1 is 0.957 bits per heavy atom. The van der Waals surface area contributed by atoms with Gasteiger partial charge in [0.1, 0.15) is 30.0 Å². The molecular weight excluding hydrogens is 586 g/mol. The fourth-order valence-electron chi connectivity index (χ4n) is 4.57. The zero-order chi connectivity index (χ0) is 34.8. The maximum Gasteiger partial charge on any atom is 0.158 e. The van der Waals surface area contributed by atoms with Crippen LogP contribution in [0.25, 0.3) is 16.6 Å². The van der Waals surface area contributed by atoms with Crippen molar-refractivity contribution in [3.63, 3.8) is 0 Å². The van der Waals surface area contributed by atoms with Gasteiger partial charge in [0.05, 0.1) is 5.52 Å². The van der Waals surface area contributed by atoms with E-state index >= 15 is 0 Å². The van der Waals surface area contributed by atoms with Gasteiger partial charge in [0.15, 0.2) is 11.4 Å². The maximum atomic E-state index is 9.69. The summed E-state index contributed by atoms with van der Waals surface area (Å²) in [5.74, 6) is 2.30. The third-order valence-electron chi connectivity index (χ3n) is 6.92. The van der Waals surface area contributed by atoms with E-state index < -0.39 is 0 Å². The van der Waals surface area contributed by atoms with E-state index in [2.05, 4.69) is 89.8 Å². The number of aromatic nitrogens is 5. The zero-order valence-electron chi connectivity index (χ0n) is 29.8. The van der Waals surface area contributed by atoms with Crippen molar-refractivity contribution in [2.45, 2.75) is 87.5 Å². The van der Waals surface area contributed by atoms with Crippen LogP contribution < -0.4 is 15.0 Å². The number of nitrogens with zero attached hydrogens (tertiary/aromatic N) is 6. The quantitative estimate of drug-likeness (QED) is 0.113. The second-order valence-corrected chi connectivity index (χ2v) is 11.0. The normalized spacial score (nSPS) is 10.1. The van der Waals surface area contributed by atoms with E-state index in [1.807, 2.05) is 51.2 Å². The lowest BCUT2D eigenvalue weighted by molar-refractivity contribution is -0.112. The summed E-state index contributed by atoms with van der Waals surface area (Å²) in [7, 11) is 2.17. The fourth-order valence-corrected chi connectivity index (χ4v) is 4.57. The summed E-state index contributed by atoms with van der Waals surface area (Å²) in [6.45, 7) is 20.4. The third-order valence-corrected chi connectivity index (χ3v) is 6.92. The second kappa shape index (κ2) is 20.4. The van der Waals surface area contributed by atoms with Crippen LogP contribution in [0.3, 0.4) is 0 Å². The predicted octanol–water partition coefficient (Wildman–Crippen LogP) is 10.0. The average Bonchev–Trinajstić information content (AvgIpc) is 3.54. The van der Waals surface area contributed by atoms with E-state index in [4.69, 9.17) is 4.74 Å². The van der Waals surface area contributed by atoms with Gasteiger partial charge in [0.2, 0.25) is 0 Å². The number of nitrogens with one attached hydrogen (secondary N) is 1. The number of pyridine rings is 1. The molecule has 0 amide bonds. The van der Waals surface area contributed by atoms with Crippen molar-refractivity contribution in [1.82, 2.24) is 24.6 Å². The van der Waals surface area contributed by atoms with Crippen LogP contribution in [-0.4, -0.2) is 43.9 Å². The van der Waals surface area contributed by atoms with Gasteiger partial charge in [-0.05, 0) is 80.8 Å². The molecule has 5 aromatic rings. The molecule has 3 heterocycles. The highest BCUT2D eigenvalue weighted by Crippen LogP contribution is 2.32. The highest BCUT2D eigenvalue weighted by atomic mass is 16.5. The van der Waals surface area contributed by atoms with Crippen LogP contribution in [0.2, 0.25) is 0 Å². The summed E-state index contributed by atoms with van der Waals surface area (Å²) in [5, 5.41) is 8.63.